The van der Waals surface area contributed by atoms with Gasteiger partial charge in [0.25, 0.3) is 0 Å². The number of rotatable bonds is 11. The van der Waals surface area contributed by atoms with Crippen molar-refractivity contribution >= 4 is 0 Å². The van der Waals surface area contributed by atoms with Gasteiger partial charge >= 0.3 is 0 Å². The standard InChI is InChI=1S/C12H28N2/c1-2-3-11-14-12-9-7-5-4-6-8-10-13/h14H,2-13H2,1H3. The zero-order chi connectivity index (χ0) is 10.5. The van der Waals surface area contributed by atoms with Crippen LogP contribution in [0.1, 0.15) is 58.3 Å². The van der Waals surface area contributed by atoms with E-state index in [0.29, 0.717) is 0 Å². The third-order valence-electron chi connectivity index (χ3n) is 2.51. The van der Waals surface area contributed by atoms with Crippen molar-refractivity contribution in [2.75, 3.05) is 19.6 Å². The van der Waals surface area contributed by atoms with E-state index >= 15 is 0 Å². The molecule has 86 valence electrons. The lowest BCUT2D eigenvalue weighted by atomic mass is 10.1. The zero-order valence-corrected chi connectivity index (χ0v) is 9.86. The maximum absolute atomic E-state index is 5.43. The number of nitrogens with one attached hydrogen (secondary N) is 1. The fraction of sp³-hybridized carbons (Fsp3) is 1.00. The third kappa shape index (κ3) is 11.9. The molecule has 0 aromatic carbocycles. The van der Waals surface area contributed by atoms with E-state index in [1.54, 1.807) is 0 Å². The molecule has 0 bridgehead atoms. The van der Waals surface area contributed by atoms with E-state index in [4.69, 9.17) is 5.73 Å². The average Bonchev–Trinajstić information content (AvgIpc) is 2.21. The van der Waals surface area contributed by atoms with Crippen LogP contribution in [0.3, 0.4) is 0 Å². The first-order valence-electron chi connectivity index (χ1n) is 6.32. The maximum Gasteiger partial charge on any atom is -0.00489 e. The lowest BCUT2D eigenvalue weighted by Crippen LogP contribution is -2.16. The van der Waals surface area contributed by atoms with Crippen LogP contribution in [0.15, 0.2) is 0 Å². The molecule has 0 saturated heterocycles. The summed E-state index contributed by atoms with van der Waals surface area (Å²) in [5, 5.41) is 3.47. The van der Waals surface area contributed by atoms with Crippen LogP contribution in [0, 0.1) is 0 Å². The van der Waals surface area contributed by atoms with Crippen LogP contribution in [0.4, 0.5) is 0 Å². The first kappa shape index (κ1) is 13.9. The number of hydrogen-bond acceptors (Lipinski definition) is 2. The Kier molecular flexibility index (Phi) is 12.8. The van der Waals surface area contributed by atoms with Crippen molar-refractivity contribution in [2.45, 2.75) is 58.3 Å². The molecule has 0 aliphatic heterocycles. The summed E-state index contributed by atoms with van der Waals surface area (Å²) >= 11 is 0. The first-order valence-corrected chi connectivity index (χ1v) is 6.32. The van der Waals surface area contributed by atoms with Crippen LogP contribution in [0.2, 0.25) is 0 Å². The quantitative estimate of drug-likeness (QED) is 0.503. The summed E-state index contributed by atoms with van der Waals surface area (Å²) in [6.45, 7) is 5.50. The zero-order valence-electron chi connectivity index (χ0n) is 9.86. The predicted molar refractivity (Wildman–Crippen MR) is 64.5 cm³/mol. The van der Waals surface area contributed by atoms with Gasteiger partial charge in [0.15, 0.2) is 0 Å². The Morgan fingerprint density at radius 2 is 1.36 bits per heavy atom. The van der Waals surface area contributed by atoms with E-state index in [0.717, 1.165) is 6.54 Å². The first-order chi connectivity index (χ1) is 6.91. The second-order valence-corrected chi connectivity index (χ2v) is 4.01. The molecule has 0 spiro atoms. The minimum absolute atomic E-state index is 0.860. The summed E-state index contributed by atoms with van der Waals surface area (Å²) in [5.74, 6) is 0. The molecule has 3 N–H and O–H groups in total. The SMILES string of the molecule is CCCCNCCCCCCCCN. The average molecular weight is 200 g/mol. The van der Waals surface area contributed by atoms with Crippen molar-refractivity contribution in [2.24, 2.45) is 5.73 Å². The molecular weight excluding hydrogens is 172 g/mol. The highest BCUT2D eigenvalue weighted by molar-refractivity contribution is 4.50. The van der Waals surface area contributed by atoms with Crippen LogP contribution in [-0.2, 0) is 0 Å². The summed E-state index contributed by atoms with van der Waals surface area (Å²) in [4.78, 5) is 0. The minimum atomic E-state index is 0.860. The van der Waals surface area contributed by atoms with Crippen LogP contribution in [-0.4, -0.2) is 19.6 Å². The van der Waals surface area contributed by atoms with Crippen molar-refractivity contribution in [3.05, 3.63) is 0 Å². The molecule has 0 rings (SSSR count). The fourth-order valence-corrected chi connectivity index (χ4v) is 1.53. The lowest BCUT2D eigenvalue weighted by molar-refractivity contribution is 0.559. The van der Waals surface area contributed by atoms with Gasteiger partial charge in [-0.2, -0.15) is 0 Å². The minimum Gasteiger partial charge on any atom is -0.330 e. The molecule has 0 unspecified atom stereocenters. The second kappa shape index (κ2) is 12.9. The van der Waals surface area contributed by atoms with Gasteiger partial charge in [0.05, 0.1) is 0 Å². The van der Waals surface area contributed by atoms with Crippen molar-refractivity contribution in [3.8, 4) is 0 Å². The van der Waals surface area contributed by atoms with Crippen LogP contribution < -0.4 is 11.1 Å². The number of nitrogens with two attached hydrogens (primary N) is 1. The van der Waals surface area contributed by atoms with Gasteiger partial charge in [0.2, 0.25) is 0 Å². The van der Waals surface area contributed by atoms with Crippen molar-refractivity contribution in [1.29, 1.82) is 0 Å². The van der Waals surface area contributed by atoms with Crippen LogP contribution in [0.25, 0.3) is 0 Å². The van der Waals surface area contributed by atoms with Gasteiger partial charge < -0.3 is 11.1 Å². The van der Waals surface area contributed by atoms with Gasteiger partial charge in [-0.05, 0) is 38.9 Å². The summed E-state index contributed by atoms with van der Waals surface area (Å²) < 4.78 is 0. The molecule has 0 fully saturated rings. The molecule has 2 heteroatoms. The predicted octanol–water partition coefficient (Wildman–Crippen LogP) is 2.68. The van der Waals surface area contributed by atoms with Gasteiger partial charge in [-0.1, -0.05) is 39.0 Å². The third-order valence-corrected chi connectivity index (χ3v) is 2.51. The van der Waals surface area contributed by atoms with Gasteiger partial charge in [-0.3, -0.25) is 0 Å². The van der Waals surface area contributed by atoms with Gasteiger partial charge in [-0.25, -0.2) is 0 Å². The maximum atomic E-state index is 5.43. The summed E-state index contributed by atoms with van der Waals surface area (Å²) in [7, 11) is 0. The smallest absolute Gasteiger partial charge is 0.00489 e. The van der Waals surface area contributed by atoms with Crippen molar-refractivity contribution in [3.63, 3.8) is 0 Å². The highest BCUT2D eigenvalue weighted by atomic mass is 14.8. The molecule has 0 aromatic heterocycles. The molecular formula is C12H28N2. The normalized spacial score (nSPS) is 10.7. The Morgan fingerprint density at radius 1 is 0.786 bits per heavy atom. The molecule has 0 aliphatic carbocycles. The molecule has 0 radical (unpaired) electrons. The van der Waals surface area contributed by atoms with Gasteiger partial charge in [-0.15, -0.1) is 0 Å². The molecule has 0 amide bonds. The Bertz CT molecular complexity index is 82.3. The Hall–Kier alpha value is -0.0800. The molecule has 14 heavy (non-hydrogen) atoms. The molecule has 0 heterocycles. The topological polar surface area (TPSA) is 38.0 Å². The Labute approximate surface area is 89.6 Å². The highest BCUT2D eigenvalue weighted by Gasteiger charge is 1.90. The van der Waals surface area contributed by atoms with E-state index in [2.05, 4.69) is 12.2 Å². The summed E-state index contributed by atoms with van der Waals surface area (Å²) in [5.41, 5.74) is 5.43. The lowest BCUT2D eigenvalue weighted by Gasteiger charge is -2.03. The molecule has 0 aromatic rings. The van der Waals surface area contributed by atoms with Crippen molar-refractivity contribution < 1.29 is 0 Å². The van der Waals surface area contributed by atoms with E-state index in [1.165, 1.54) is 64.5 Å². The molecule has 0 saturated carbocycles. The summed E-state index contributed by atoms with van der Waals surface area (Å²) in [6.07, 6.45) is 10.6. The number of hydrogen-bond donors (Lipinski definition) is 2. The molecule has 0 atom stereocenters. The molecule has 2 nitrogen and oxygen atoms in total. The van der Waals surface area contributed by atoms with Gasteiger partial charge in [0, 0.05) is 0 Å². The molecule has 0 aliphatic rings. The van der Waals surface area contributed by atoms with Crippen LogP contribution >= 0.6 is 0 Å². The highest BCUT2D eigenvalue weighted by Crippen LogP contribution is 2.03. The van der Waals surface area contributed by atoms with E-state index in [-0.39, 0.29) is 0 Å². The fourth-order valence-electron chi connectivity index (χ4n) is 1.53. The monoisotopic (exact) mass is 200 g/mol. The largest absolute Gasteiger partial charge is 0.330 e. The summed E-state index contributed by atoms with van der Waals surface area (Å²) in [6, 6.07) is 0. The number of unbranched alkanes of at least 4 members (excludes halogenated alkanes) is 6. The van der Waals surface area contributed by atoms with Crippen molar-refractivity contribution in [1.82, 2.24) is 5.32 Å². The van der Waals surface area contributed by atoms with E-state index < -0.39 is 0 Å². The van der Waals surface area contributed by atoms with E-state index in [1.807, 2.05) is 0 Å². The Balaban J connectivity index is 2.78. The Morgan fingerprint density at radius 3 is 2.00 bits per heavy atom. The van der Waals surface area contributed by atoms with Gasteiger partial charge in [0.1, 0.15) is 0 Å². The second-order valence-electron chi connectivity index (χ2n) is 4.01. The van der Waals surface area contributed by atoms with Crippen LogP contribution in [0.5, 0.6) is 0 Å². The van der Waals surface area contributed by atoms with E-state index in [9.17, 15) is 0 Å².